The summed E-state index contributed by atoms with van der Waals surface area (Å²) >= 11 is 12.0. The number of β-amino-alcohol motifs (C(OH)–C–C–N with tert-alkyl or cyclic N) is 1. The maximum atomic E-state index is 12.3. The summed E-state index contributed by atoms with van der Waals surface area (Å²) < 4.78 is 11.0. The van der Waals surface area contributed by atoms with Gasteiger partial charge in [-0.2, -0.15) is 0 Å². The van der Waals surface area contributed by atoms with Gasteiger partial charge in [0.25, 0.3) is 5.91 Å². The quantitative estimate of drug-likeness (QED) is 0.788. The highest BCUT2D eigenvalue weighted by atomic mass is 35.5. The molecular formula is C18H24Cl2N2O4. The van der Waals surface area contributed by atoms with Crippen LogP contribution in [0.5, 0.6) is 5.75 Å². The van der Waals surface area contributed by atoms with Crippen molar-refractivity contribution in [3.8, 4) is 5.75 Å². The molecule has 0 aromatic heterocycles. The number of carbonyl (C=O) groups is 1. The van der Waals surface area contributed by atoms with Crippen LogP contribution in [-0.4, -0.2) is 79.0 Å². The van der Waals surface area contributed by atoms with Gasteiger partial charge in [-0.05, 0) is 25.0 Å². The predicted octanol–water partition coefficient (Wildman–Crippen LogP) is 2.06. The molecule has 1 aromatic carbocycles. The van der Waals surface area contributed by atoms with Gasteiger partial charge in [0.2, 0.25) is 0 Å². The van der Waals surface area contributed by atoms with Crippen LogP contribution in [0.2, 0.25) is 10.0 Å². The molecule has 26 heavy (non-hydrogen) atoms. The lowest BCUT2D eigenvalue weighted by atomic mass is 10.2. The lowest BCUT2D eigenvalue weighted by Gasteiger charge is -2.36. The SMILES string of the molecule is O=C([C@H]1CCCO1)N1CCN(C[C@@H](O)COc2cc(Cl)ccc2Cl)CC1. The van der Waals surface area contributed by atoms with E-state index in [0.29, 0.717) is 42.0 Å². The van der Waals surface area contributed by atoms with Crippen LogP contribution in [0, 0.1) is 0 Å². The normalized spacial score (nSPS) is 22.4. The Labute approximate surface area is 163 Å². The lowest BCUT2D eigenvalue weighted by molar-refractivity contribution is -0.142. The average Bonchev–Trinajstić information content (AvgIpc) is 3.17. The second kappa shape index (κ2) is 9.24. The first-order valence-corrected chi connectivity index (χ1v) is 9.67. The molecule has 144 valence electrons. The zero-order chi connectivity index (χ0) is 18.5. The van der Waals surface area contributed by atoms with Crippen molar-refractivity contribution >= 4 is 29.1 Å². The van der Waals surface area contributed by atoms with Crippen molar-refractivity contribution in [2.45, 2.75) is 25.0 Å². The second-order valence-electron chi connectivity index (χ2n) is 6.67. The number of hydrogen-bond donors (Lipinski definition) is 1. The zero-order valence-electron chi connectivity index (χ0n) is 14.6. The molecule has 2 heterocycles. The Morgan fingerprint density at radius 1 is 1.31 bits per heavy atom. The molecule has 1 amide bonds. The van der Waals surface area contributed by atoms with E-state index in [1.54, 1.807) is 18.2 Å². The Morgan fingerprint density at radius 2 is 2.08 bits per heavy atom. The van der Waals surface area contributed by atoms with E-state index >= 15 is 0 Å². The number of benzene rings is 1. The number of nitrogens with zero attached hydrogens (tertiary/aromatic N) is 2. The highest BCUT2D eigenvalue weighted by Crippen LogP contribution is 2.27. The number of ether oxygens (including phenoxy) is 2. The topological polar surface area (TPSA) is 62.2 Å². The van der Waals surface area contributed by atoms with Gasteiger partial charge in [-0.25, -0.2) is 0 Å². The molecule has 6 nitrogen and oxygen atoms in total. The molecule has 1 aromatic rings. The molecular weight excluding hydrogens is 379 g/mol. The van der Waals surface area contributed by atoms with Gasteiger partial charge in [0.15, 0.2) is 0 Å². The third-order valence-electron chi connectivity index (χ3n) is 4.68. The molecule has 3 rings (SSSR count). The first-order chi connectivity index (χ1) is 12.5. The van der Waals surface area contributed by atoms with Crippen molar-refractivity contribution in [1.29, 1.82) is 0 Å². The van der Waals surface area contributed by atoms with E-state index in [1.165, 1.54) is 0 Å². The largest absolute Gasteiger partial charge is 0.489 e. The predicted molar refractivity (Wildman–Crippen MR) is 100.0 cm³/mol. The van der Waals surface area contributed by atoms with Crippen molar-refractivity contribution in [2.24, 2.45) is 0 Å². The van der Waals surface area contributed by atoms with Crippen LogP contribution in [0.15, 0.2) is 18.2 Å². The van der Waals surface area contributed by atoms with Crippen molar-refractivity contribution in [3.05, 3.63) is 28.2 Å². The van der Waals surface area contributed by atoms with Crippen LogP contribution in [0.3, 0.4) is 0 Å². The third kappa shape index (κ3) is 5.24. The third-order valence-corrected chi connectivity index (χ3v) is 5.23. The molecule has 0 unspecified atom stereocenters. The van der Waals surface area contributed by atoms with Gasteiger partial charge in [0, 0.05) is 50.4 Å². The molecule has 2 fully saturated rings. The number of halogens is 2. The maximum absolute atomic E-state index is 12.3. The Kier molecular flexibility index (Phi) is 7.00. The van der Waals surface area contributed by atoms with Gasteiger partial charge >= 0.3 is 0 Å². The van der Waals surface area contributed by atoms with E-state index in [0.717, 1.165) is 25.9 Å². The molecule has 8 heteroatoms. The van der Waals surface area contributed by atoms with Gasteiger partial charge in [0.05, 0.1) is 5.02 Å². The van der Waals surface area contributed by atoms with E-state index in [2.05, 4.69) is 4.90 Å². The summed E-state index contributed by atoms with van der Waals surface area (Å²) in [6.45, 7) is 4.08. The molecule has 0 bridgehead atoms. The van der Waals surface area contributed by atoms with Crippen LogP contribution in [-0.2, 0) is 9.53 Å². The van der Waals surface area contributed by atoms with Crippen LogP contribution in [0.4, 0.5) is 0 Å². The number of carbonyl (C=O) groups excluding carboxylic acids is 1. The summed E-state index contributed by atoms with van der Waals surface area (Å²) in [6.07, 6.45) is 0.869. The Bertz CT molecular complexity index is 617. The van der Waals surface area contributed by atoms with Crippen LogP contribution < -0.4 is 4.74 Å². The van der Waals surface area contributed by atoms with E-state index in [1.807, 2.05) is 4.90 Å². The molecule has 0 aliphatic carbocycles. The smallest absolute Gasteiger partial charge is 0.251 e. The fraction of sp³-hybridized carbons (Fsp3) is 0.611. The summed E-state index contributed by atoms with van der Waals surface area (Å²) in [7, 11) is 0. The summed E-state index contributed by atoms with van der Waals surface area (Å²) in [4.78, 5) is 16.3. The molecule has 2 aliphatic heterocycles. The molecule has 2 saturated heterocycles. The first kappa shape index (κ1) is 19.7. The fourth-order valence-corrected chi connectivity index (χ4v) is 3.59. The second-order valence-corrected chi connectivity index (χ2v) is 7.51. The van der Waals surface area contributed by atoms with E-state index in [4.69, 9.17) is 32.7 Å². The van der Waals surface area contributed by atoms with Crippen molar-refractivity contribution in [1.82, 2.24) is 9.80 Å². The summed E-state index contributed by atoms with van der Waals surface area (Å²) in [5, 5.41) is 11.2. The highest BCUT2D eigenvalue weighted by Gasteiger charge is 2.30. The first-order valence-electron chi connectivity index (χ1n) is 8.91. The van der Waals surface area contributed by atoms with Gasteiger partial charge < -0.3 is 19.5 Å². The number of hydrogen-bond acceptors (Lipinski definition) is 5. The minimum absolute atomic E-state index is 0.0987. The van der Waals surface area contributed by atoms with Crippen molar-refractivity contribution in [3.63, 3.8) is 0 Å². The van der Waals surface area contributed by atoms with Crippen LogP contribution >= 0.6 is 23.2 Å². The Hall–Kier alpha value is -1.05. The zero-order valence-corrected chi connectivity index (χ0v) is 16.1. The number of piperazine rings is 1. The molecule has 0 saturated carbocycles. The monoisotopic (exact) mass is 402 g/mol. The number of aliphatic hydroxyl groups excluding tert-OH is 1. The Morgan fingerprint density at radius 3 is 2.77 bits per heavy atom. The number of rotatable bonds is 6. The summed E-state index contributed by atoms with van der Waals surface area (Å²) in [5.74, 6) is 0.562. The van der Waals surface area contributed by atoms with Crippen LogP contribution in [0.1, 0.15) is 12.8 Å². The standard InChI is InChI=1S/C18H24Cl2N2O4/c19-13-3-4-15(20)17(10-13)26-12-14(23)11-21-5-7-22(8-6-21)18(24)16-2-1-9-25-16/h3-4,10,14,16,23H,1-2,5-9,11-12H2/t14-,16-/m1/s1. The van der Waals surface area contributed by atoms with Crippen molar-refractivity contribution in [2.75, 3.05) is 45.9 Å². The van der Waals surface area contributed by atoms with Gasteiger partial charge in [-0.1, -0.05) is 23.2 Å². The molecule has 1 N–H and O–H groups in total. The van der Waals surface area contributed by atoms with Crippen LogP contribution in [0.25, 0.3) is 0 Å². The number of amides is 1. The molecule has 2 atom stereocenters. The molecule has 0 spiro atoms. The van der Waals surface area contributed by atoms with E-state index in [9.17, 15) is 9.90 Å². The molecule has 2 aliphatic rings. The van der Waals surface area contributed by atoms with E-state index < -0.39 is 6.10 Å². The lowest BCUT2D eigenvalue weighted by Crippen LogP contribution is -2.53. The average molecular weight is 403 g/mol. The minimum Gasteiger partial charge on any atom is -0.489 e. The highest BCUT2D eigenvalue weighted by molar-refractivity contribution is 6.34. The maximum Gasteiger partial charge on any atom is 0.251 e. The molecule has 0 radical (unpaired) electrons. The minimum atomic E-state index is -0.648. The Balaban J connectivity index is 1.39. The van der Waals surface area contributed by atoms with Crippen molar-refractivity contribution < 1.29 is 19.4 Å². The van der Waals surface area contributed by atoms with Gasteiger partial charge in [-0.15, -0.1) is 0 Å². The van der Waals surface area contributed by atoms with E-state index in [-0.39, 0.29) is 18.6 Å². The number of aliphatic hydroxyl groups is 1. The fourth-order valence-electron chi connectivity index (χ4n) is 3.25. The summed E-state index contributed by atoms with van der Waals surface area (Å²) in [6, 6.07) is 4.98. The summed E-state index contributed by atoms with van der Waals surface area (Å²) in [5.41, 5.74) is 0. The van der Waals surface area contributed by atoms with Gasteiger partial charge in [0.1, 0.15) is 24.6 Å². The van der Waals surface area contributed by atoms with Gasteiger partial charge in [-0.3, -0.25) is 9.69 Å².